The molecule has 0 aliphatic heterocycles. The molecule has 1 atom stereocenters. The largest absolute Gasteiger partial charge is 0.393 e. The second-order valence-corrected chi connectivity index (χ2v) is 6.47. The van der Waals surface area contributed by atoms with Gasteiger partial charge >= 0.3 is 0 Å². The number of rotatable bonds is 5. The van der Waals surface area contributed by atoms with Crippen molar-refractivity contribution in [1.82, 2.24) is 15.1 Å². The number of aryl methyl sites for hydroxylation is 1. The van der Waals surface area contributed by atoms with Crippen LogP contribution in [-0.4, -0.2) is 26.9 Å². The van der Waals surface area contributed by atoms with E-state index in [9.17, 15) is 9.90 Å². The lowest BCUT2D eigenvalue weighted by Gasteiger charge is -2.37. The number of nitrogens with zero attached hydrogens (tertiary/aromatic N) is 2. The molecule has 112 valence electrons. The Bertz CT molecular complexity index is 602. The Labute approximate surface area is 127 Å². The van der Waals surface area contributed by atoms with Crippen molar-refractivity contribution < 1.29 is 9.90 Å². The number of aliphatic hydroxyl groups excluding tert-OH is 1. The molecule has 6 heteroatoms. The molecule has 5 nitrogen and oxygen atoms in total. The fraction of sp³-hybridized carbons (Fsp3) is 0.467. The zero-order chi connectivity index (χ0) is 14.8. The first kappa shape index (κ1) is 14.3. The zero-order valence-corrected chi connectivity index (χ0v) is 12.7. The molecule has 0 unspecified atom stereocenters. The van der Waals surface area contributed by atoms with Gasteiger partial charge in [-0.15, -0.1) is 0 Å². The van der Waals surface area contributed by atoms with Gasteiger partial charge in [0.1, 0.15) is 0 Å². The van der Waals surface area contributed by atoms with Gasteiger partial charge in [-0.2, -0.15) is 16.4 Å². The SMILES string of the molecule is Cn1cc([C@H](NC(=O)Cc2ccsc2)C2CC(O)C2)cn1. The van der Waals surface area contributed by atoms with E-state index in [0.717, 1.165) is 24.0 Å². The summed E-state index contributed by atoms with van der Waals surface area (Å²) in [5.41, 5.74) is 2.05. The summed E-state index contributed by atoms with van der Waals surface area (Å²) in [4.78, 5) is 12.2. The average Bonchev–Trinajstić information content (AvgIpc) is 3.04. The van der Waals surface area contributed by atoms with Gasteiger partial charge in [-0.1, -0.05) is 0 Å². The van der Waals surface area contributed by atoms with E-state index < -0.39 is 0 Å². The molecule has 1 saturated carbocycles. The van der Waals surface area contributed by atoms with Crippen molar-refractivity contribution in [3.8, 4) is 0 Å². The summed E-state index contributed by atoms with van der Waals surface area (Å²) in [6.07, 6.45) is 5.36. The molecule has 1 fully saturated rings. The molecule has 0 aromatic carbocycles. The van der Waals surface area contributed by atoms with Crippen LogP contribution in [0.5, 0.6) is 0 Å². The van der Waals surface area contributed by atoms with Gasteiger partial charge in [-0.3, -0.25) is 9.48 Å². The molecular formula is C15H19N3O2S. The fourth-order valence-electron chi connectivity index (χ4n) is 2.78. The van der Waals surface area contributed by atoms with E-state index in [1.165, 1.54) is 0 Å². The van der Waals surface area contributed by atoms with Crippen molar-refractivity contribution in [3.63, 3.8) is 0 Å². The second kappa shape index (κ2) is 5.99. The quantitative estimate of drug-likeness (QED) is 0.882. The molecule has 0 bridgehead atoms. The summed E-state index contributed by atoms with van der Waals surface area (Å²) >= 11 is 1.60. The molecule has 2 aromatic rings. The number of carbonyl (C=O) groups is 1. The maximum absolute atomic E-state index is 12.2. The highest BCUT2D eigenvalue weighted by Gasteiger charge is 2.36. The van der Waals surface area contributed by atoms with Crippen LogP contribution in [0.1, 0.15) is 30.0 Å². The summed E-state index contributed by atoms with van der Waals surface area (Å²) in [6.45, 7) is 0. The average molecular weight is 305 g/mol. The van der Waals surface area contributed by atoms with Crippen molar-refractivity contribution >= 4 is 17.2 Å². The molecule has 2 aromatic heterocycles. The normalized spacial score (nSPS) is 22.6. The van der Waals surface area contributed by atoms with Crippen LogP contribution in [0.25, 0.3) is 0 Å². The van der Waals surface area contributed by atoms with E-state index in [4.69, 9.17) is 0 Å². The van der Waals surface area contributed by atoms with E-state index in [1.807, 2.05) is 30.1 Å². The molecule has 0 radical (unpaired) electrons. The standard InChI is InChI=1S/C15H19N3O2S/c1-18-8-12(7-16-18)15(11-5-13(19)6-11)17-14(20)4-10-2-3-21-9-10/h2-3,7-9,11,13,15,19H,4-6H2,1H3,(H,17,20)/t11?,13?,15-/m1/s1. The molecule has 2 heterocycles. The number of amides is 1. The Morgan fingerprint density at radius 2 is 2.43 bits per heavy atom. The Morgan fingerprint density at radius 3 is 3.00 bits per heavy atom. The van der Waals surface area contributed by atoms with Crippen molar-refractivity contribution in [2.45, 2.75) is 31.4 Å². The topological polar surface area (TPSA) is 67.2 Å². The molecule has 21 heavy (non-hydrogen) atoms. The van der Waals surface area contributed by atoms with Crippen LogP contribution in [0.3, 0.4) is 0 Å². The Balaban J connectivity index is 1.68. The predicted molar refractivity (Wildman–Crippen MR) is 80.8 cm³/mol. The summed E-state index contributed by atoms with van der Waals surface area (Å²) in [5, 5.41) is 20.8. The van der Waals surface area contributed by atoms with Crippen LogP contribution in [0.2, 0.25) is 0 Å². The highest BCUT2D eigenvalue weighted by molar-refractivity contribution is 7.07. The number of carbonyl (C=O) groups excluding carboxylic acids is 1. The highest BCUT2D eigenvalue weighted by atomic mass is 32.1. The lowest BCUT2D eigenvalue weighted by atomic mass is 9.75. The van der Waals surface area contributed by atoms with E-state index in [-0.39, 0.29) is 24.0 Å². The van der Waals surface area contributed by atoms with Gasteiger partial charge in [-0.05, 0) is 41.1 Å². The lowest BCUT2D eigenvalue weighted by molar-refractivity contribution is -0.122. The monoisotopic (exact) mass is 305 g/mol. The number of thiophene rings is 1. The Hall–Kier alpha value is -1.66. The third-order valence-corrected chi connectivity index (χ3v) is 4.70. The maximum Gasteiger partial charge on any atom is 0.224 e. The van der Waals surface area contributed by atoms with Gasteiger partial charge < -0.3 is 10.4 Å². The molecule has 1 aliphatic carbocycles. The zero-order valence-electron chi connectivity index (χ0n) is 11.9. The minimum atomic E-state index is -0.233. The van der Waals surface area contributed by atoms with Crippen molar-refractivity contribution in [1.29, 1.82) is 0 Å². The third-order valence-electron chi connectivity index (χ3n) is 3.97. The lowest BCUT2D eigenvalue weighted by Crippen LogP contribution is -2.41. The van der Waals surface area contributed by atoms with Gasteiger partial charge in [0.2, 0.25) is 5.91 Å². The number of nitrogens with one attached hydrogen (secondary N) is 1. The van der Waals surface area contributed by atoms with Crippen molar-refractivity contribution in [3.05, 3.63) is 40.3 Å². The molecule has 2 N–H and O–H groups in total. The van der Waals surface area contributed by atoms with Crippen LogP contribution in [0, 0.1) is 5.92 Å². The summed E-state index contributed by atoms with van der Waals surface area (Å²) < 4.78 is 1.74. The summed E-state index contributed by atoms with van der Waals surface area (Å²) in [5.74, 6) is 0.305. The highest BCUT2D eigenvalue weighted by Crippen LogP contribution is 2.37. The van der Waals surface area contributed by atoms with Gasteiger partial charge in [-0.25, -0.2) is 0 Å². The number of aliphatic hydroxyl groups is 1. The van der Waals surface area contributed by atoms with Gasteiger partial charge in [0.05, 0.1) is 24.8 Å². The second-order valence-electron chi connectivity index (χ2n) is 5.69. The first-order valence-corrected chi connectivity index (χ1v) is 8.03. The Kier molecular flexibility index (Phi) is 4.07. The first-order valence-electron chi connectivity index (χ1n) is 7.09. The van der Waals surface area contributed by atoms with Crippen LogP contribution in [0.4, 0.5) is 0 Å². The number of hydrogen-bond acceptors (Lipinski definition) is 4. The fourth-order valence-corrected chi connectivity index (χ4v) is 3.45. The van der Waals surface area contributed by atoms with Crippen molar-refractivity contribution in [2.24, 2.45) is 13.0 Å². The summed E-state index contributed by atoms with van der Waals surface area (Å²) in [7, 11) is 1.86. The summed E-state index contributed by atoms with van der Waals surface area (Å²) in [6, 6.07) is 1.91. The maximum atomic E-state index is 12.2. The third kappa shape index (κ3) is 3.33. The molecular weight excluding hydrogens is 286 g/mol. The number of aromatic nitrogens is 2. The first-order chi connectivity index (χ1) is 10.1. The van der Waals surface area contributed by atoms with Gasteiger partial charge in [0.15, 0.2) is 0 Å². The van der Waals surface area contributed by atoms with E-state index in [2.05, 4.69) is 10.4 Å². The van der Waals surface area contributed by atoms with Gasteiger partial charge in [0.25, 0.3) is 0 Å². The predicted octanol–water partition coefficient (Wildman–Crippen LogP) is 1.65. The minimum Gasteiger partial charge on any atom is -0.393 e. The van der Waals surface area contributed by atoms with Crippen LogP contribution in [-0.2, 0) is 18.3 Å². The molecule has 1 aliphatic rings. The molecule has 0 saturated heterocycles. The van der Waals surface area contributed by atoms with Crippen LogP contribution >= 0.6 is 11.3 Å². The van der Waals surface area contributed by atoms with E-state index >= 15 is 0 Å². The van der Waals surface area contributed by atoms with Gasteiger partial charge in [0, 0.05) is 18.8 Å². The van der Waals surface area contributed by atoms with E-state index in [1.54, 1.807) is 22.2 Å². The smallest absolute Gasteiger partial charge is 0.224 e. The molecule has 1 amide bonds. The van der Waals surface area contributed by atoms with E-state index in [0.29, 0.717) is 6.42 Å². The molecule has 0 spiro atoms. The van der Waals surface area contributed by atoms with Crippen molar-refractivity contribution in [2.75, 3.05) is 0 Å². The minimum absolute atomic E-state index is 0.0173. The number of hydrogen-bond donors (Lipinski definition) is 2. The van der Waals surface area contributed by atoms with Crippen LogP contribution < -0.4 is 5.32 Å². The Morgan fingerprint density at radius 1 is 1.62 bits per heavy atom. The van der Waals surface area contributed by atoms with Crippen LogP contribution in [0.15, 0.2) is 29.2 Å². The molecule has 3 rings (SSSR count).